The lowest BCUT2D eigenvalue weighted by molar-refractivity contribution is -0.385. The van der Waals surface area contributed by atoms with E-state index in [1.807, 2.05) is 0 Å². The number of halogens is 1. The van der Waals surface area contributed by atoms with Gasteiger partial charge >= 0.3 is 0 Å². The van der Waals surface area contributed by atoms with Gasteiger partial charge in [0.15, 0.2) is 0 Å². The molecule has 0 aliphatic carbocycles. The second-order valence-corrected chi connectivity index (χ2v) is 7.00. The summed E-state index contributed by atoms with van der Waals surface area (Å²) in [5, 5.41) is 15.7. The van der Waals surface area contributed by atoms with Crippen molar-refractivity contribution in [3.8, 4) is 5.75 Å². The quantitative estimate of drug-likeness (QED) is 0.401. The molecule has 0 saturated carbocycles. The first-order valence-corrected chi connectivity index (χ1v) is 8.88. The molecular weight excluding hydrogens is 364 g/mol. The van der Waals surface area contributed by atoms with Crippen LogP contribution in [0.15, 0.2) is 22.7 Å². The molecule has 0 aliphatic heterocycles. The third-order valence-corrected chi connectivity index (χ3v) is 4.38. The van der Waals surface area contributed by atoms with E-state index in [2.05, 4.69) is 15.9 Å². The SMILES string of the molecule is NS(=O)(=O)CCCCCCOc1cccc([N+](=O)[O-])c1Br. The predicted octanol–water partition coefficient (Wildman–Crippen LogP) is 2.59. The number of nitro benzene ring substituents is 1. The molecule has 0 spiro atoms. The zero-order chi connectivity index (χ0) is 15.9. The first-order chi connectivity index (χ1) is 9.81. The van der Waals surface area contributed by atoms with Crippen LogP contribution in [0, 0.1) is 10.1 Å². The Morgan fingerprint density at radius 2 is 1.90 bits per heavy atom. The fourth-order valence-corrected chi connectivity index (χ4v) is 2.82. The van der Waals surface area contributed by atoms with Crippen molar-refractivity contribution < 1.29 is 18.1 Å². The molecule has 0 aromatic heterocycles. The number of primary sulfonamides is 1. The molecule has 0 amide bonds. The summed E-state index contributed by atoms with van der Waals surface area (Å²) < 4.78 is 27.2. The van der Waals surface area contributed by atoms with E-state index in [1.165, 1.54) is 6.07 Å². The second kappa shape index (κ2) is 8.30. The Morgan fingerprint density at radius 1 is 1.24 bits per heavy atom. The summed E-state index contributed by atoms with van der Waals surface area (Å²) in [5.74, 6) is 0.415. The van der Waals surface area contributed by atoms with E-state index in [-0.39, 0.29) is 11.4 Å². The normalized spacial score (nSPS) is 11.3. The maximum Gasteiger partial charge on any atom is 0.287 e. The van der Waals surface area contributed by atoms with Crippen molar-refractivity contribution >= 4 is 31.6 Å². The van der Waals surface area contributed by atoms with Gasteiger partial charge in [0, 0.05) is 6.07 Å². The van der Waals surface area contributed by atoms with Crippen LogP contribution in [0.1, 0.15) is 25.7 Å². The van der Waals surface area contributed by atoms with Crippen LogP contribution in [0.25, 0.3) is 0 Å². The molecule has 0 radical (unpaired) electrons. The van der Waals surface area contributed by atoms with Gasteiger partial charge in [0.05, 0.1) is 17.3 Å². The highest BCUT2D eigenvalue weighted by Crippen LogP contribution is 2.33. The molecule has 0 aliphatic rings. The minimum Gasteiger partial charge on any atom is -0.492 e. The number of nitro groups is 1. The summed E-state index contributed by atoms with van der Waals surface area (Å²) in [6, 6.07) is 4.60. The first kappa shape index (κ1) is 17.9. The van der Waals surface area contributed by atoms with Gasteiger partial charge in [0.2, 0.25) is 10.0 Å². The molecule has 0 saturated heterocycles. The van der Waals surface area contributed by atoms with Gasteiger partial charge in [0.25, 0.3) is 5.69 Å². The van der Waals surface area contributed by atoms with E-state index in [9.17, 15) is 18.5 Å². The third-order valence-electron chi connectivity index (χ3n) is 2.72. The average molecular weight is 381 g/mol. The van der Waals surface area contributed by atoms with Gasteiger partial charge in [-0.3, -0.25) is 10.1 Å². The highest BCUT2D eigenvalue weighted by Gasteiger charge is 2.15. The molecule has 1 aromatic rings. The van der Waals surface area contributed by atoms with Crippen LogP contribution >= 0.6 is 15.9 Å². The largest absolute Gasteiger partial charge is 0.492 e. The number of nitrogens with zero attached hydrogens (tertiary/aromatic N) is 1. The van der Waals surface area contributed by atoms with Crippen molar-refractivity contribution in [3.63, 3.8) is 0 Å². The van der Waals surface area contributed by atoms with E-state index in [1.54, 1.807) is 12.1 Å². The molecule has 0 heterocycles. The van der Waals surface area contributed by atoms with Crippen LogP contribution in [-0.4, -0.2) is 25.7 Å². The van der Waals surface area contributed by atoms with Crippen molar-refractivity contribution in [2.75, 3.05) is 12.4 Å². The maximum atomic E-state index is 10.8. The first-order valence-electron chi connectivity index (χ1n) is 6.37. The van der Waals surface area contributed by atoms with Crippen molar-refractivity contribution in [3.05, 3.63) is 32.8 Å². The van der Waals surface area contributed by atoms with E-state index in [0.717, 1.165) is 19.3 Å². The lowest BCUT2D eigenvalue weighted by Gasteiger charge is -2.08. The van der Waals surface area contributed by atoms with E-state index < -0.39 is 14.9 Å². The molecule has 118 valence electrons. The number of hydrogen-bond acceptors (Lipinski definition) is 5. The minimum absolute atomic E-state index is 0.00964. The van der Waals surface area contributed by atoms with Crippen molar-refractivity contribution in [2.24, 2.45) is 5.14 Å². The molecule has 2 N–H and O–H groups in total. The molecular formula is C12H17BrN2O5S. The number of rotatable bonds is 9. The Bertz CT molecular complexity index is 591. The third kappa shape index (κ3) is 6.87. The second-order valence-electron chi connectivity index (χ2n) is 4.48. The highest BCUT2D eigenvalue weighted by atomic mass is 79.9. The number of ether oxygens (including phenoxy) is 1. The zero-order valence-electron chi connectivity index (χ0n) is 11.3. The lowest BCUT2D eigenvalue weighted by atomic mass is 10.2. The van der Waals surface area contributed by atoms with Crippen LogP contribution in [0.2, 0.25) is 0 Å². The van der Waals surface area contributed by atoms with Gasteiger partial charge in [-0.25, -0.2) is 13.6 Å². The number of sulfonamides is 1. The predicted molar refractivity (Wildman–Crippen MR) is 82.7 cm³/mol. The zero-order valence-corrected chi connectivity index (χ0v) is 13.7. The maximum absolute atomic E-state index is 10.8. The number of benzene rings is 1. The van der Waals surface area contributed by atoms with Gasteiger partial charge in [0.1, 0.15) is 10.2 Å². The molecule has 0 bridgehead atoms. The fourth-order valence-electron chi connectivity index (χ4n) is 1.69. The Hall–Kier alpha value is -1.19. The molecule has 9 heteroatoms. The standard InChI is InChI=1S/C12H17BrN2O5S/c13-12-10(15(16)17)6-5-7-11(12)20-8-3-1-2-4-9-21(14,18)19/h5-7H,1-4,8-9H2,(H2,14,18,19). The summed E-state index contributed by atoms with van der Waals surface area (Å²) in [6.07, 6.45) is 2.82. The highest BCUT2D eigenvalue weighted by molar-refractivity contribution is 9.10. The molecule has 0 unspecified atom stereocenters. The smallest absolute Gasteiger partial charge is 0.287 e. The molecule has 1 aromatic carbocycles. The number of unbranched alkanes of at least 4 members (excludes halogenated alkanes) is 3. The van der Waals surface area contributed by atoms with E-state index >= 15 is 0 Å². The Morgan fingerprint density at radius 3 is 2.52 bits per heavy atom. The fraction of sp³-hybridized carbons (Fsp3) is 0.500. The average Bonchev–Trinajstić information content (AvgIpc) is 2.37. The Kier molecular flexibility index (Phi) is 7.06. The summed E-state index contributed by atoms with van der Waals surface area (Å²) >= 11 is 3.15. The van der Waals surface area contributed by atoms with E-state index in [0.29, 0.717) is 23.2 Å². The monoisotopic (exact) mass is 380 g/mol. The lowest BCUT2D eigenvalue weighted by Crippen LogP contribution is -2.16. The van der Waals surface area contributed by atoms with Gasteiger partial charge in [-0.1, -0.05) is 18.9 Å². The Labute approximate surface area is 131 Å². The van der Waals surface area contributed by atoms with Gasteiger partial charge in [-0.2, -0.15) is 0 Å². The van der Waals surface area contributed by atoms with Crippen LogP contribution in [0.5, 0.6) is 5.75 Å². The summed E-state index contributed by atoms with van der Waals surface area (Å²) in [5.41, 5.74) is -0.0411. The van der Waals surface area contributed by atoms with Crippen LogP contribution < -0.4 is 9.88 Å². The molecule has 21 heavy (non-hydrogen) atoms. The molecule has 0 atom stereocenters. The van der Waals surface area contributed by atoms with Crippen molar-refractivity contribution in [1.82, 2.24) is 0 Å². The number of nitrogens with two attached hydrogens (primary N) is 1. The van der Waals surface area contributed by atoms with Crippen molar-refractivity contribution in [2.45, 2.75) is 25.7 Å². The Balaban J connectivity index is 2.31. The van der Waals surface area contributed by atoms with Gasteiger partial charge < -0.3 is 4.74 Å². The number of hydrogen-bond donors (Lipinski definition) is 1. The molecule has 7 nitrogen and oxygen atoms in total. The van der Waals surface area contributed by atoms with Crippen molar-refractivity contribution in [1.29, 1.82) is 0 Å². The summed E-state index contributed by atoms with van der Waals surface area (Å²) in [6.45, 7) is 0.412. The van der Waals surface area contributed by atoms with Crippen LogP contribution in [-0.2, 0) is 10.0 Å². The topological polar surface area (TPSA) is 113 Å². The molecule has 1 rings (SSSR count). The van der Waals surface area contributed by atoms with Gasteiger partial charge in [-0.15, -0.1) is 0 Å². The van der Waals surface area contributed by atoms with Gasteiger partial charge in [-0.05, 0) is 34.8 Å². The minimum atomic E-state index is -3.38. The summed E-state index contributed by atoms with van der Waals surface area (Å²) in [7, 11) is -3.38. The van der Waals surface area contributed by atoms with E-state index in [4.69, 9.17) is 9.88 Å². The summed E-state index contributed by atoms with van der Waals surface area (Å²) in [4.78, 5) is 10.3. The molecule has 0 fully saturated rings. The van der Waals surface area contributed by atoms with Crippen LogP contribution in [0.4, 0.5) is 5.69 Å². The van der Waals surface area contributed by atoms with Crippen LogP contribution in [0.3, 0.4) is 0 Å².